The fourth-order valence-electron chi connectivity index (χ4n) is 2.08. The van der Waals surface area contributed by atoms with E-state index in [4.69, 9.17) is 22.7 Å². The third-order valence-electron chi connectivity index (χ3n) is 3.00. The van der Waals surface area contributed by atoms with Crippen LogP contribution >= 0.6 is 12.2 Å². The number of carbonyl (C=O) groups is 1. The molecule has 7 heteroatoms. The molecule has 0 atom stereocenters. The first-order valence-electron chi connectivity index (χ1n) is 6.60. The van der Waals surface area contributed by atoms with Crippen LogP contribution in [0.2, 0.25) is 0 Å². The van der Waals surface area contributed by atoms with Gasteiger partial charge in [0.15, 0.2) is 0 Å². The summed E-state index contributed by atoms with van der Waals surface area (Å²) in [5, 5.41) is 2.79. The van der Waals surface area contributed by atoms with E-state index in [0.717, 1.165) is 11.0 Å². The standard InChI is InChI=1S/C14H18N4O2S/c1-20-7-6-16-14(19)9-18-11-5-3-2-4-10(11)17-13(18)8-12(15)21/h2-5H,6-9H2,1H3,(H2,15,21)(H,16,19). The lowest BCUT2D eigenvalue weighted by Gasteiger charge is -2.09. The summed E-state index contributed by atoms with van der Waals surface area (Å²) < 4.78 is 6.75. The van der Waals surface area contributed by atoms with Crippen molar-refractivity contribution in [2.75, 3.05) is 20.3 Å². The van der Waals surface area contributed by atoms with Gasteiger partial charge in [0.2, 0.25) is 5.91 Å². The van der Waals surface area contributed by atoms with Gasteiger partial charge in [-0.25, -0.2) is 4.98 Å². The number of thiocarbonyl (C=S) groups is 1. The summed E-state index contributed by atoms with van der Waals surface area (Å²) >= 11 is 4.95. The van der Waals surface area contributed by atoms with Gasteiger partial charge in [0.05, 0.1) is 29.0 Å². The molecule has 2 rings (SSSR count). The fourth-order valence-corrected chi connectivity index (χ4v) is 2.21. The molecule has 0 fully saturated rings. The number of methoxy groups -OCH3 is 1. The summed E-state index contributed by atoms with van der Waals surface area (Å²) in [6.07, 6.45) is 0.370. The van der Waals surface area contributed by atoms with Crippen molar-refractivity contribution >= 4 is 34.1 Å². The Hall–Kier alpha value is -1.99. The van der Waals surface area contributed by atoms with Gasteiger partial charge >= 0.3 is 0 Å². The van der Waals surface area contributed by atoms with Gasteiger partial charge in [-0.3, -0.25) is 4.79 Å². The quantitative estimate of drug-likeness (QED) is 0.579. The zero-order valence-corrected chi connectivity index (χ0v) is 12.7. The number of rotatable bonds is 7. The molecule has 1 aromatic carbocycles. The van der Waals surface area contributed by atoms with E-state index in [2.05, 4.69) is 10.3 Å². The van der Waals surface area contributed by atoms with E-state index in [1.165, 1.54) is 0 Å². The summed E-state index contributed by atoms with van der Waals surface area (Å²) in [6.45, 7) is 1.14. The Morgan fingerprint density at radius 3 is 2.95 bits per heavy atom. The van der Waals surface area contributed by atoms with Gasteiger partial charge in [-0.2, -0.15) is 0 Å². The van der Waals surface area contributed by atoms with Gasteiger partial charge in [0.1, 0.15) is 12.4 Å². The molecule has 21 heavy (non-hydrogen) atoms. The van der Waals surface area contributed by atoms with E-state index in [1.807, 2.05) is 28.8 Å². The van der Waals surface area contributed by atoms with Crippen molar-refractivity contribution < 1.29 is 9.53 Å². The molecule has 0 radical (unpaired) electrons. The van der Waals surface area contributed by atoms with Crippen LogP contribution in [0.4, 0.5) is 0 Å². The van der Waals surface area contributed by atoms with Crippen molar-refractivity contribution in [1.82, 2.24) is 14.9 Å². The molecule has 0 saturated carbocycles. The van der Waals surface area contributed by atoms with Crippen molar-refractivity contribution in [3.05, 3.63) is 30.1 Å². The molecule has 0 aliphatic heterocycles. The van der Waals surface area contributed by atoms with E-state index in [9.17, 15) is 4.79 Å². The first kappa shape index (κ1) is 15.4. The van der Waals surface area contributed by atoms with Crippen molar-refractivity contribution in [3.63, 3.8) is 0 Å². The topological polar surface area (TPSA) is 82.2 Å². The lowest BCUT2D eigenvalue weighted by Crippen LogP contribution is -2.31. The molecule has 6 nitrogen and oxygen atoms in total. The predicted molar refractivity (Wildman–Crippen MR) is 85.1 cm³/mol. The van der Waals surface area contributed by atoms with Crippen LogP contribution in [-0.2, 0) is 22.5 Å². The summed E-state index contributed by atoms with van der Waals surface area (Å²) in [5.41, 5.74) is 7.33. The van der Waals surface area contributed by atoms with Crippen LogP contribution in [0.15, 0.2) is 24.3 Å². The van der Waals surface area contributed by atoms with Crippen LogP contribution in [0.1, 0.15) is 5.82 Å². The van der Waals surface area contributed by atoms with Crippen LogP contribution in [0.5, 0.6) is 0 Å². The Morgan fingerprint density at radius 2 is 2.24 bits per heavy atom. The highest BCUT2D eigenvalue weighted by molar-refractivity contribution is 7.80. The largest absolute Gasteiger partial charge is 0.393 e. The third kappa shape index (κ3) is 3.99. The van der Waals surface area contributed by atoms with Crippen molar-refractivity contribution in [2.24, 2.45) is 5.73 Å². The van der Waals surface area contributed by atoms with Crippen LogP contribution in [0.3, 0.4) is 0 Å². The number of para-hydroxylation sites is 2. The Kier molecular flexibility index (Phi) is 5.24. The summed E-state index contributed by atoms with van der Waals surface area (Å²) in [4.78, 5) is 16.8. The average Bonchev–Trinajstić information content (AvgIpc) is 2.76. The number of imidazole rings is 1. The number of ether oxygens (including phenoxy) is 1. The molecule has 0 saturated heterocycles. The SMILES string of the molecule is COCCNC(=O)Cn1c(CC(N)=S)nc2ccccc21. The number of nitrogens with two attached hydrogens (primary N) is 1. The number of fused-ring (bicyclic) bond motifs is 1. The number of amides is 1. The molecule has 3 N–H and O–H groups in total. The van der Waals surface area contributed by atoms with E-state index in [0.29, 0.717) is 30.4 Å². The molecule has 0 aliphatic rings. The van der Waals surface area contributed by atoms with E-state index >= 15 is 0 Å². The molecule has 0 unspecified atom stereocenters. The number of carbonyl (C=O) groups excluding carboxylic acids is 1. The van der Waals surface area contributed by atoms with E-state index < -0.39 is 0 Å². The molecule has 1 amide bonds. The number of benzene rings is 1. The van der Waals surface area contributed by atoms with Gasteiger partial charge < -0.3 is 20.4 Å². The Balaban J connectivity index is 2.23. The molecular weight excluding hydrogens is 288 g/mol. The van der Waals surface area contributed by atoms with Crippen molar-refractivity contribution in [3.8, 4) is 0 Å². The van der Waals surface area contributed by atoms with Crippen LogP contribution in [0, 0.1) is 0 Å². The van der Waals surface area contributed by atoms with Gasteiger partial charge in [-0.1, -0.05) is 24.4 Å². The summed E-state index contributed by atoms with van der Waals surface area (Å²) in [6, 6.07) is 7.64. The van der Waals surface area contributed by atoms with E-state index in [-0.39, 0.29) is 12.5 Å². The van der Waals surface area contributed by atoms with Crippen molar-refractivity contribution in [1.29, 1.82) is 0 Å². The molecule has 112 valence electrons. The van der Waals surface area contributed by atoms with Crippen molar-refractivity contribution in [2.45, 2.75) is 13.0 Å². The number of hydrogen-bond donors (Lipinski definition) is 2. The monoisotopic (exact) mass is 306 g/mol. The fraction of sp³-hybridized carbons (Fsp3) is 0.357. The maximum Gasteiger partial charge on any atom is 0.240 e. The number of nitrogens with zero attached hydrogens (tertiary/aromatic N) is 2. The molecule has 1 aromatic heterocycles. The number of nitrogens with one attached hydrogen (secondary N) is 1. The molecular formula is C14H18N4O2S. The second kappa shape index (κ2) is 7.14. The minimum atomic E-state index is -0.0978. The highest BCUT2D eigenvalue weighted by Crippen LogP contribution is 2.16. The lowest BCUT2D eigenvalue weighted by atomic mass is 10.3. The highest BCUT2D eigenvalue weighted by atomic mass is 32.1. The molecule has 0 spiro atoms. The highest BCUT2D eigenvalue weighted by Gasteiger charge is 2.13. The molecule has 0 aliphatic carbocycles. The maximum absolute atomic E-state index is 12.0. The Labute approximate surface area is 128 Å². The van der Waals surface area contributed by atoms with Gasteiger partial charge in [0.25, 0.3) is 0 Å². The minimum absolute atomic E-state index is 0.0978. The van der Waals surface area contributed by atoms with Crippen LogP contribution in [-0.4, -0.2) is 40.7 Å². The van der Waals surface area contributed by atoms with E-state index in [1.54, 1.807) is 7.11 Å². The zero-order valence-electron chi connectivity index (χ0n) is 11.8. The van der Waals surface area contributed by atoms with Gasteiger partial charge in [-0.15, -0.1) is 0 Å². The molecule has 2 aromatic rings. The second-order valence-electron chi connectivity index (χ2n) is 4.59. The lowest BCUT2D eigenvalue weighted by molar-refractivity contribution is -0.121. The van der Waals surface area contributed by atoms with Crippen LogP contribution in [0.25, 0.3) is 11.0 Å². The number of hydrogen-bond acceptors (Lipinski definition) is 4. The average molecular weight is 306 g/mol. The second-order valence-corrected chi connectivity index (χ2v) is 5.11. The molecule has 0 bridgehead atoms. The van der Waals surface area contributed by atoms with Gasteiger partial charge in [-0.05, 0) is 12.1 Å². The third-order valence-corrected chi connectivity index (χ3v) is 3.14. The minimum Gasteiger partial charge on any atom is -0.393 e. The molecule has 1 heterocycles. The first-order chi connectivity index (χ1) is 10.1. The zero-order chi connectivity index (χ0) is 15.2. The first-order valence-corrected chi connectivity index (χ1v) is 7.00. The normalized spacial score (nSPS) is 10.7. The summed E-state index contributed by atoms with van der Waals surface area (Å²) in [5.74, 6) is 0.602. The van der Waals surface area contributed by atoms with Gasteiger partial charge in [0, 0.05) is 13.7 Å². The number of aromatic nitrogens is 2. The maximum atomic E-state index is 12.0. The Morgan fingerprint density at radius 1 is 1.48 bits per heavy atom. The Bertz CT molecular complexity index is 653. The smallest absolute Gasteiger partial charge is 0.240 e. The summed E-state index contributed by atoms with van der Waals surface area (Å²) in [7, 11) is 1.59. The van der Waals surface area contributed by atoms with Crippen LogP contribution < -0.4 is 11.1 Å². The predicted octanol–water partition coefficient (Wildman–Crippen LogP) is 0.628.